The van der Waals surface area contributed by atoms with E-state index < -0.39 is 0 Å². The molecule has 1 heterocycles. The minimum atomic E-state index is 0.621. The molecule has 1 aliphatic heterocycles. The first-order valence-corrected chi connectivity index (χ1v) is 7.36. The van der Waals surface area contributed by atoms with Crippen LogP contribution in [0.25, 0.3) is 0 Å². The fourth-order valence-corrected chi connectivity index (χ4v) is 2.70. The summed E-state index contributed by atoms with van der Waals surface area (Å²) in [4.78, 5) is 5.13. The smallest absolute Gasteiger partial charge is 0.0209 e. The molecule has 1 unspecified atom stereocenters. The Morgan fingerprint density at radius 3 is 2.59 bits per heavy atom. The zero-order valence-corrected chi connectivity index (χ0v) is 12.2. The van der Waals surface area contributed by atoms with Crippen molar-refractivity contribution in [2.75, 3.05) is 39.3 Å². The van der Waals surface area contributed by atoms with Gasteiger partial charge in [0, 0.05) is 18.6 Å². The molecule has 0 aromatic carbocycles. The maximum atomic E-state index is 3.64. The molecule has 1 aliphatic rings. The molecule has 3 nitrogen and oxygen atoms in total. The van der Waals surface area contributed by atoms with Crippen LogP contribution in [0.3, 0.4) is 0 Å². The molecule has 1 N–H and O–H groups in total. The summed E-state index contributed by atoms with van der Waals surface area (Å²) in [7, 11) is 0. The van der Waals surface area contributed by atoms with Gasteiger partial charge in [-0.15, -0.1) is 0 Å². The quantitative estimate of drug-likeness (QED) is 0.699. The molecule has 17 heavy (non-hydrogen) atoms. The van der Waals surface area contributed by atoms with E-state index in [4.69, 9.17) is 0 Å². The van der Waals surface area contributed by atoms with Gasteiger partial charge in [0.2, 0.25) is 0 Å². The number of nitrogens with zero attached hydrogens (tertiary/aromatic N) is 2. The van der Waals surface area contributed by atoms with Crippen LogP contribution in [0.2, 0.25) is 0 Å². The minimum Gasteiger partial charge on any atom is -0.310 e. The van der Waals surface area contributed by atoms with Crippen molar-refractivity contribution in [2.45, 2.75) is 52.6 Å². The van der Waals surface area contributed by atoms with Crippen LogP contribution in [0, 0.1) is 0 Å². The van der Waals surface area contributed by atoms with Gasteiger partial charge < -0.3 is 15.1 Å². The Kier molecular flexibility index (Phi) is 7.09. The van der Waals surface area contributed by atoms with Crippen molar-refractivity contribution in [3.63, 3.8) is 0 Å². The van der Waals surface area contributed by atoms with Crippen molar-refractivity contribution in [1.82, 2.24) is 15.1 Å². The van der Waals surface area contributed by atoms with Crippen molar-refractivity contribution in [3.8, 4) is 0 Å². The molecule has 1 atom stereocenters. The van der Waals surface area contributed by atoms with Crippen LogP contribution >= 0.6 is 0 Å². The maximum absolute atomic E-state index is 3.64. The van der Waals surface area contributed by atoms with Gasteiger partial charge in [0.15, 0.2) is 0 Å². The highest BCUT2D eigenvalue weighted by Gasteiger charge is 2.21. The zero-order valence-electron chi connectivity index (χ0n) is 12.2. The highest BCUT2D eigenvalue weighted by atomic mass is 15.2. The third kappa shape index (κ3) is 5.84. The Morgan fingerprint density at radius 1 is 1.29 bits per heavy atom. The Labute approximate surface area is 108 Å². The second-order valence-electron chi connectivity index (χ2n) is 5.49. The van der Waals surface area contributed by atoms with Crippen LogP contribution in [0.1, 0.15) is 40.5 Å². The van der Waals surface area contributed by atoms with E-state index in [-0.39, 0.29) is 0 Å². The van der Waals surface area contributed by atoms with Crippen molar-refractivity contribution in [3.05, 3.63) is 0 Å². The van der Waals surface area contributed by atoms with E-state index in [9.17, 15) is 0 Å². The molecule has 0 radical (unpaired) electrons. The standard InChI is InChI=1S/C14H31N3/c1-5-16(6-2)9-7-10-17-11-8-14(12-17)15-13(3)4/h13-15H,5-12H2,1-4H3. The van der Waals surface area contributed by atoms with Gasteiger partial charge in [0.1, 0.15) is 0 Å². The van der Waals surface area contributed by atoms with Gasteiger partial charge in [-0.25, -0.2) is 0 Å². The molecule has 1 rings (SSSR count). The average molecular weight is 241 g/mol. The summed E-state index contributed by atoms with van der Waals surface area (Å²) in [5.74, 6) is 0. The Balaban J connectivity index is 2.09. The van der Waals surface area contributed by atoms with Crippen LogP contribution in [0.5, 0.6) is 0 Å². The van der Waals surface area contributed by atoms with Gasteiger partial charge in [-0.3, -0.25) is 0 Å². The molecule has 102 valence electrons. The fraction of sp³-hybridized carbons (Fsp3) is 1.00. The van der Waals surface area contributed by atoms with Gasteiger partial charge in [-0.05, 0) is 45.6 Å². The summed E-state index contributed by atoms with van der Waals surface area (Å²) >= 11 is 0. The van der Waals surface area contributed by atoms with Crippen LogP contribution in [0.4, 0.5) is 0 Å². The molecule has 0 aromatic rings. The first kappa shape index (κ1) is 14.9. The lowest BCUT2D eigenvalue weighted by molar-refractivity contribution is 0.259. The van der Waals surface area contributed by atoms with E-state index in [1.165, 1.54) is 52.1 Å². The Morgan fingerprint density at radius 2 is 2.00 bits per heavy atom. The lowest BCUT2D eigenvalue weighted by Crippen LogP contribution is -2.37. The molecule has 0 amide bonds. The molecule has 1 fully saturated rings. The van der Waals surface area contributed by atoms with Crippen LogP contribution < -0.4 is 5.32 Å². The predicted octanol–water partition coefficient (Wildman–Crippen LogP) is 1.79. The topological polar surface area (TPSA) is 18.5 Å². The first-order chi connectivity index (χ1) is 8.15. The molecule has 0 spiro atoms. The number of rotatable bonds is 8. The second-order valence-corrected chi connectivity index (χ2v) is 5.49. The van der Waals surface area contributed by atoms with E-state index in [0.29, 0.717) is 6.04 Å². The van der Waals surface area contributed by atoms with Gasteiger partial charge in [-0.1, -0.05) is 27.7 Å². The second kappa shape index (κ2) is 8.06. The number of hydrogen-bond donors (Lipinski definition) is 1. The van der Waals surface area contributed by atoms with Crippen molar-refractivity contribution >= 4 is 0 Å². The van der Waals surface area contributed by atoms with Gasteiger partial charge >= 0.3 is 0 Å². The molecule has 3 heteroatoms. The molecule has 0 bridgehead atoms. The van der Waals surface area contributed by atoms with Crippen molar-refractivity contribution in [2.24, 2.45) is 0 Å². The third-order valence-corrected chi connectivity index (χ3v) is 3.68. The third-order valence-electron chi connectivity index (χ3n) is 3.68. The molecule has 0 saturated carbocycles. The lowest BCUT2D eigenvalue weighted by atomic mass is 10.2. The van der Waals surface area contributed by atoms with Gasteiger partial charge in [-0.2, -0.15) is 0 Å². The highest BCUT2D eigenvalue weighted by molar-refractivity contribution is 4.81. The normalized spacial score (nSPS) is 21.9. The molecular weight excluding hydrogens is 210 g/mol. The minimum absolute atomic E-state index is 0.621. The summed E-state index contributed by atoms with van der Waals surface area (Å²) < 4.78 is 0. The zero-order chi connectivity index (χ0) is 12.7. The first-order valence-electron chi connectivity index (χ1n) is 7.36. The molecule has 0 aliphatic carbocycles. The van der Waals surface area contributed by atoms with Gasteiger partial charge in [0.25, 0.3) is 0 Å². The molecular formula is C14H31N3. The molecule has 1 saturated heterocycles. The van der Waals surface area contributed by atoms with E-state index in [0.717, 1.165) is 6.04 Å². The fourth-order valence-electron chi connectivity index (χ4n) is 2.70. The average Bonchev–Trinajstić information content (AvgIpc) is 2.71. The number of nitrogens with one attached hydrogen (secondary N) is 1. The predicted molar refractivity (Wildman–Crippen MR) is 75.5 cm³/mol. The van der Waals surface area contributed by atoms with E-state index in [1.54, 1.807) is 0 Å². The van der Waals surface area contributed by atoms with E-state index in [2.05, 4.69) is 42.8 Å². The summed E-state index contributed by atoms with van der Waals surface area (Å²) in [5.41, 5.74) is 0. The van der Waals surface area contributed by atoms with E-state index in [1.807, 2.05) is 0 Å². The monoisotopic (exact) mass is 241 g/mol. The Hall–Kier alpha value is -0.120. The molecule has 0 aromatic heterocycles. The highest BCUT2D eigenvalue weighted by Crippen LogP contribution is 2.10. The van der Waals surface area contributed by atoms with E-state index >= 15 is 0 Å². The van der Waals surface area contributed by atoms with Crippen LogP contribution in [-0.2, 0) is 0 Å². The van der Waals surface area contributed by atoms with Crippen molar-refractivity contribution in [1.29, 1.82) is 0 Å². The summed E-state index contributed by atoms with van der Waals surface area (Å²) in [6, 6.07) is 1.35. The van der Waals surface area contributed by atoms with Crippen LogP contribution in [0.15, 0.2) is 0 Å². The Bertz CT molecular complexity index is 190. The largest absolute Gasteiger partial charge is 0.310 e. The lowest BCUT2D eigenvalue weighted by Gasteiger charge is -2.21. The maximum Gasteiger partial charge on any atom is 0.0209 e. The number of likely N-dealkylation sites (tertiary alicyclic amines) is 1. The summed E-state index contributed by atoms with van der Waals surface area (Å²) in [5, 5.41) is 3.64. The SMILES string of the molecule is CCN(CC)CCCN1CCC(NC(C)C)C1. The van der Waals surface area contributed by atoms with Crippen molar-refractivity contribution < 1.29 is 0 Å². The summed E-state index contributed by atoms with van der Waals surface area (Å²) in [6.45, 7) is 16.4. The number of hydrogen-bond acceptors (Lipinski definition) is 3. The van der Waals surface area contributed by atoms with Crippen LogP contribution in [-0.4, -0.2) is 61.2 Å². The summed E-state index contributed by atoms with van der Waals surface area (Å²) in [6.07, 6.45) is 2.64. The van der Waals surface area contributed by atoms with Gasteiger partial charge in [0.05, 0.1) is 0 Å².